The van der Waals surface area contributed by atoms with E-state index in [1.165, 1.54) is 0 Å². The molecule has 1 saturated heterocycles. The first-order chi connectivity index (χ1) is 19.6. The van der Waals surface area contributed by atoms with Crippen LogP contribution in [0.15, 0.2) is 96.8 Å². The normalized spacial score (nSPS) is 17.7. The predicted octanol–water partition coefficient (Wildman–Crippen LogP) is 4.95. The number of carbonyl (C=O) groups excluding carboxylic acids is 2. The maximum Gasteiger partial charge on any atom is 0.251 e. The molecule has 208 valence electrons. The molecule has 0 aromatic heterocycles. The van der Waals surface area contributed by atoms with Gasteiger partial charge >= 0.3 is 0 Å². The predicted molar refractivity (Wildman–Crippen MR) is 156 cm³/mol. The number of hydrogen-bond acceptors (Lipinski definition) is 6. The first-order valence-corrected chi connectivity index (χ1v) is 14.0. The fourth-order valence-corrected chi connectivity index (χ4v) is 5.48. The van der Waals surface area contributed by atoms with Gasteiger partial charge in [0, 0.05) is 49.6 Å². The second kappa shape index (κ2) is 13.3. The number of methoxy groups -OCH3 is 1. The van der Waals surface area contributed by atoms with Crippen molar-refractivity contribution in [1.82, 2.24) is 15.1 Å². The van der Waals surface area contributed by atoms with Crippen molar-refractivity contribution in [3.05, 3.63) is 113 Å². The lowest BCUT2D eigenvalue weighted by Crippen LogP contribution is -2.38. The fraction of sp³-hybridized carbons (Fsp3) is 0.333. The summed E-state index contributed by atoms with van der Waals surface area (Å²) in [5.41, 5.74) is 3.98. The largest absolute Gasteiger partial charge is 0.497 e. The van der Waals surface area contributed by atoms with Crippen LogP contribution in [0.4, 0.5) is 0 Å². The Balaban J connectivity index is 1.10. The third kappa shape index (κ3) is 7.10. The topological polar surface area (TPSA) is 71.1 Å². The average molecular weight is 540 g/mol. The van der Waals surface area contributed by atoms with E-state index in [1.54, 1.807) is 25.5 Å². The summed E-state index contributed by atoms with van der Waals surface area (Å²) in [5.74, 6) is 2.02. The molecular weight excluding hydrogens is 502 g/mol. The lowest BCUT2D eigenvalue weighted by atomic mass is 9.86. The summed E-state index contributed by atoms with van der Waals surface area (Å²) in [6.45, 7) is 4.34. The molecule has 0 spiro atoms. The Bertz CT molecular complexity index is 1330. The highest BCUT2D eigenvalue weighted by Gasteiger charge is 2.24. The lowest BCUT2D eigenvalue weighted by molar-refractivity contribution is -0.114. The minimum Gasteiger partial charge on any atom is -0.497 e. The first-order valence-electron chi connectivity index (χ1n) is 14.0. The molecule has 7 nitrogen and oxygen atoms in total. The van der Waals surface area contributed by atoms with Crippen LogP contribution in [0.25, 0.3) is 0 Å². The molecular formula is C33H37N3O4. The Hall–Kier alpha value is -4.10. The van der Waals surface area contributed by atoms with Crippen LogP contribution in [0.1, 0.15) is 46.7 Å². The third-order valence-electron chi connectivity index (χ3n) is 7.73. The molecule has 1 aliphatic carbocycles. The summed E-state index contributed by atoms with van der Waals surface area (Å²) in [4.78, 5) is 29.5. The first kappa shape index (κ1) is 27.5. The molecule has 40 heavy (non-hydrogen) atoms. The minimum absolute atomic E-state index is 0.00658. The molecule has 7 heteroatoms. The highest BCUT2D eigenvalue weighted by molar-refractivity contribution is 5.96. The van der Waals surface area contributed by atoms with Gasteiger partial charge in [-0.15, -0.1) is 0 Å². The molecule has 5 rings (SSSR count). The van der Waals surface area contributed by atoms with Crippen molar-refractivity contribution in [3.8, 4) is 5.75 Å². The quantitative estimate of drug-likeness (QED) is 0.461. The summed E-state index contributed by atoms with van der Waals surface area (Å²) in [5, 5.41) is 3.12. The highest BCUT2D eigenvalue weighted by Crippen LogP contribution is 2.31. The molecule has 0 saturated carbocycles. The minimum atomic E-state index is -0.00658. The van der Waals surface area contributed by atoms with Crippen molar-refractivity contribution in [2.75, 3.05) is 39.8 Å². The van der Waals surface area contributed by atoms with Gasteiger partial charge in [0.15, 0.2) is 5.78 Å². The molecule has 2 aromatic rings. The van der Waals surface area contributed by atoms with E-state index in [4.69, 9.17) is 9.47 Å². The molecule has 0 unspecified atom stereocenters. The zero-order valence-electron chi connectivity index (χ0n) is 23.1. The Morgan fingerprint density at radius 1 is 1.10 bits per heavy atom. The average Bonchev–Trinajstić information content (AvgIpc) is 3.00. The van der Waals surface area contributed by atoms with Crippen molar-refractivity contribution in [3.63, 3.8) is 0 Å². The highest BCUT2D eigenvalue weighted by atomic mass is 16.5. The number of likely N-dealkylation sites (tertiary alicyclic amines) is 1. The van der Waals surface area contributed by atoms with Crippen molar-refractivity contribution < 1.29 is 19.1 Å². The number of carbonyl (C=O) groups is 2. The van der Waals surface area contributed by atoms with E-state index in [-0.39, 0.29) is 11.7 Å². The second-order valence-electron chi connectivity index (χ2n) is 10.4. The number of amides is 1. The maximum absolute atomic E-state index is 13.1. The summed E-state index contributed by atoms with van der Waals surface area (Å²) in [7, 11) is 1.66. The Labute approximate surface area is 236 Å². The lowest BCUT2D eigenvalue weighted by Gasteiger charge is -2.34. The number of piperidine rings is 1. The standard InChI is InChI=1S/C33H37N3O4/c1-39-29-9-4-6-25(22-29)12-15-34-33(38)31-11-3-2-10-30(31)26-13-16-35(17-14-26)18-19-36-20-21-40-32(24-36)27-7-5-8-28(37)23-27/h2-11,20-22,24,26H,12-19,23H2,1H3,(H,34,38). The van der Waals surface area contributed by atoms with Crippen LogP contribution in [-0.4, -0.2) is 61.3 Å². The van der Waals surface area contributed by atoms with Gasteiger partial charge in [-0.3, -0.25) is 9.59 Å². The van der Waals surface area contributed by atoms with Crippen molar-refractivity contribution in [2.45, 2.75) is 31.6 Å². The Morgan fingerprint density at radius 2 is 1.95 bits per heavy atom. The number of ketones is 1. The molecule has 3 aliphatic rings. The molecule has 2 heterocycles. The summed E-state index contributed by atoms with van der Waals surface area (Å²) in [6.07, 6.45) is 14.1. The zero-order chi connectivity index (χ0) is 27.7. The zero-order valence-corrected chi connectivity index (χ0v) is 23.1. The fourth-order valence-electron chi connectivity index (χ4n) is 5.48. The van der Waals surface area contributed by atoms with Gasteiger partial charge in [-0.25, -0.2) is 0 Å². The van der Waals surface area contributed by atoms with Crippen LogP contribution in [0.5, 0.6) is 5.75 Å². The molecule has 1 fully saturated rings. The van der Waals surface area contributed by atoms with Crippen LogP contribution in [0.3, 0.4) is 0 Å². The van der Waals surface area contributed by atoms with Crippen LogP contribution in [0, 0.1) is 0 Å². The van der Waals surface area contributed by atoms with E-state index in [2.05, 4.69) is 27.2 Å². The van der Waals surface area contributed by atoms with E-state index in [9.17, 15) is 9.59 Å². The van der Waals surface area contributed by atoms with Gasteiger partial charge in [0.05, 0.1) is 7.11 Å². The van der Waals surface area contributed by atoms with E-state index >= 15 is 0 Å². The van der Waals surface area contributed by atoms with Crippen molar-refractivity contribution in [1.29, 1.82) is 0 Å². The molecule has 0 bridgehead atoms. The van der Waals surface area contributed by atoms with Crippen molar-refractivity contribution >= 4 is 11.7 Å². The van der Waals surface area contributed by atoms with Gasteiger partial charge in [0.2, 0.25) is 0 Å². The number of hydrogen-bond donors (Lipinski definition) is 1. The Kier molecular flexibility index (Phi) is 9.14. The second-order valence-corrected chi connectivity index (χ2v) is 10.4. The SMILES string of the molecule is COc1cccc(CCNC(=O)c2ccccc2C2CCN(CCN3C=COC(C4=CC=CC(=O)C4)=C3)CC2)c1. The number of nitrogens with one attached hydrogen (secondary N) is 1. The van der Waals surface area contributed by atoms with Crippen LogP contribution in [-0.2, 0) is 16.0 Å². The molecule has 0 atom stereocenters. The summed E-state index contributed by atoms with van der Waals surface area (Å²) in [6, 6.07) is 16.0. The number of ether oxygens (including phenoxy) is 2. The number of rotatable bonds is 10. The van der Waals surface area contributed by atoms with Gasteiger partial charge < -0.3 is 24.6 Å². The molecule has 0 radical (unpaired) electrons. The van der Waals surface area contributed by atoms with Crippen LogP contribution >= 0.6 is 0 Å². The van der Waals surface area contributed by atoms with Gasteiger partial charge in [-0.1, -0.05) is 42.5 Å². The molecule has 1 N–H and O–H groups in total. The van der Waals surface area contributed by atoms with Gasteiger partial charge in [0.1, 0.15) is 17.8 Å². The summed E-state index contributed by atoms with van der Waals surface area (Å²) >= 11 is 0. The van der Waals surface area contributed by atoms with Gasteiger partial charge in [0.25, 0.3) is 5.91 Å². The van der Waals surface area contributed by atoms with Crippen molar-refractivity contribution in [2.24, 2.45) is 0 Å². The van der Waals surface area contributed by atoms with E-state index in [0.29, 0.717) is 18.9 Å². The summed E-state index contributed by atoms with van der Waals surface area (Å²) < 4.78 is 11.0. The maximum atomic E-state index is 13.1. The third-order valence-corrected chi connectivity index (χ3v) is 7.73. The number of nitrogens with zero attached hydrogens (tertiary/aromatic N) is 2. The molecule has 1 amide bonds. The number of allylic oxidation sites excluding steroid dienone is 4. The van der Waals surface area contributed by atoms with E-state index < -0.39 is 0 Å². The van der Waals surface area contributed by atoms with E-state index in [1.807, 2.05) is 54.9 Å². The number of benzene rings is 2. The molecule has 2 aliphatic heterocycles. The molecule has 2 aromatic carbocycles. The van der Waals surface area contributed by atoms with E-state index in [0.717, 1.165) is 79.2 Å². The van der Waals surface area contributed by atoms with Crippen LogP contribution < -0.4 is 10.1 Å². The van der Waals surface area contributed by atoms with Gasteiger partial charge in [-0.05, 0) is 73.7 Å². The monoisotopic (exact) mass is 539 g/mol. The smallest absolute Gasteiger partial charge is 0.251 e. The van der Waals surface area contributed by atoms with Gasteiger partial charge in [-0.2, -0.15) is 0 Å². The van der Waals surface area contributed by atoms with Crippen LogP contribution in [0.2, 0.25) is 0 Å². The Morgan fingerprint density at radius 3 is 2.77 bits per heavy atom.